The first-order valence-corrected chi connectivity index (χ1v) is 20.7. The number of unbranched alkanes of at least 4 members (excludes halogenated alkanes) is 17. The summed E-state index contributed by atoms with van der Waals surface area (Å²) in [5, 5.41) is 70.8. The summed E-state index contributed by atoms with van der Waals surface area (Å²) in [6.45, 7) is 1.46. The summed E-state index contributed by atoms with van der Waals surface area (Å²) >= 11 is 0. The van der Waals surface area contributed by atoms with E-state index in [1.54, 1.807) is 0 Å². The van der Waals surface area contributed by atoms with Gasteiger partial charge < -0.3 is 40.1 Å². The fourth-order valence-corrected chi connectivity index (χ4v) is 7.09. The summed E-state index contributed by atoms with van der Waals surface area (Å²) in [6.07, 6.45) is 11.8. The van der Waals surface area contributed by atoms with Gasteiger partial charge >= 0.3 is 5.69 Å². The molecule has 1 aromatic carbocycles. The molecular formula is C40H69FN4O9. The highest BCUT2D eigenvalue weighted by atomic mass is 19.1. The predicted octanol–water partition coefficient (Wildman–Crippen LogP) is 4.72. The minimum Gasteiger partial charge on any atom is -0.394 e. The minimum absolute atomic E-state index is 0.221. The van der Waals surface area contributed by atoms with E-state index in [2.05, 4.69) is 17.4 Å². The van der Waals surface area contributed by atoms with E-state index in [-0.39, 0.29) is 5.82 Å². The van der Waals surface area contributed by atoms with E-state index < -0.39 is 67.9 Å². The van der Waals surface area contributed by atoms with E-state index in [0.717, 1.165) is 74.5 Å². The van der Waals surface area contributed by atoms with Crippen LogP contribution >= 0.6 is 0 Å². The van der Waals surface area contributed by atoms with E-state index in [1.165, 1.54) is 68.2 Å². The Labute approximate surface area is 320 Å². The van der Waals surface area contributed by atoms with Crippen molar-refractivity contribution in [2.45, 2.75) is 197 Å². The monoisotopic (exact) mass is 769 g/mol. The number of aliphatic hydroxyl groups is 6. The molecule has 6 N–H and O–H groups in total. The SMILES string of the molecule is CCCCCCCCCCCCCC[C@@H](O)[C@@H](O)[C@H](COC1OC(CO)C(O)C(O)C1O)n1nnn(CCCCCCCCCc2ccc(F)cc2)c1=O. The minimum atomic E-state index is -1.67. The number of aromatic nitrogens is 4. The summed E-state index contributed by atoms with van der Waals surface area (Å²) in [4.78, 5) is 13.4. The Morgan fingerprint density at radius 3 is 1.91 bits per heavy atom. The quantitative estimate of drug-likeness (QED) is 0.0603. The lowest BCUT2D eigenvalue weighted by Gasteiger charge is -2.40. The molecule has 2 aromatic rings. The van der Waals surface area contributed by atoms with Crippen molar-refractivity contribution in [1.29, 1.82) is 0 Å². The molecule has 8 atom stereocenters. The van der Waals surface area contributed by atoms with E-state index >= 15 is 0 Å². The molecule has 5 unspecified atom stereocenters. The maximum atomic E-state index is 13.4. The Hall–Kier alpha value is -2.30. The molecule has 1 aromatic heterocycles. The number of benzene rings is 1. The highest BCUT2D eigenvalue weighted by Gasteiger charge is 2.45. The second kappa shape index (κ2) is 26.5. The predicted molar refractivity (Wildman–Crippen MR) is 203 cm³/mol. The molecule has 54 heavy (non-hydrogen) atoms. The standard InChI is InChI=1S/C40H69FN4O9/c1-2-3-4-5-6-7-8-9-10-13-16-19-22-33(47)35(48)32(29-53-39-38(51)37(50)36(49)34(28-46)54-39)45-40(52)44(42-43-45)27-20-17-14-11-12-15-18-21-30-23-25-31(41)26-24-30/h23-26,32-39,46-51H,2-22,27-29H2,1H3/t32-,33+,34?,35-,36?,37?,38?,39?/m0/s1. The molecule has 0 saturated carbocycles. The van der Waals surface area contributed by atoms with Crippen LogP contribution in [0.1, 0.15) is 147 Å². The van der Waals surface area contributed by atoms with Gasteiger partial charge in [-0.05, 0) is 53.8 Å². The van der Waals surface area contributed by atoms with Crippen LogP contribution in [0, 0.1) is 5.82 Å². The van der Waals surface area contributed by atoms with Crippen molar-refractivity contribution < 1.29 is 44.5 Å². The van der Waals surface area contributed by atoms with Gasteiger partial charge in [0.25, 0.3) is 0 Å². The molecule has 1 aliphatic heterocycles. The zero-order valence-corrected chi connectivity index (χ0v) is 32.5. The number of rotatable bonds is 30. The van der Waals surface area contributed by atoms with Crippen LogP contribution in [0.5, 0.6) is 0 Å². The van der Waals surface area contributed by atoms with Crippen molar-refractivity contribution in [2.75, 3.05) is 13.2 Å². The molecule has 0 bridgehead atoms. The summed E-state index contributed by atoms with van der Waals surface area (Å²) in [6, 6.07) is 5.42. The van der Waals surface area contributed by atoms with Gasteiger partial charge in [0, 0.05) is 6.54 Å². The zero-order valence-electron chi connectivity index (χ0n) is 32.5. The number of tetrazole rings is 1. The molecule has 0 radical (unpaired) electrons. The van der Waals surface area contributed by atoms with E-state index in [0.29, 0.717) is 25.8 Å². The van der Waals surface area contributed by atoms with Gasteiger partial charge in [0.1, 0.15) is 42.4 Å². The molecule has 310 valence electrons. The highest BCUT2D eigenvalue weighted by molar-refractivity contribution is 5.15. The first-order chi connectivity index (χ1) is 26.2. The van der Waals surface area contributed by atoms with Crippen LogP contribution in [0.25, 0.3) is 0 Å². The first-order valence-electron chi connectivity index (χ1n) is 20.7. The Kier molecular flexibility index (Phi) is 22.6. The molecule has 13 nitrogen and oxygen atoms in total. The molecule has 0 amide bonds. The molecule has 1 fully saturated rings. The normalized spacial score (nSPS) is 22.0. The van der Waals surface area contributed by atoms with Gasteiger partial charge in [0.15, 0.2) is 6.29 Å². The van der Waals surface area contributed by atoms with Crippen molar-refractivity contribution in [3.8, 4) is 0 Å². The fourth-order valence-electron chi connectivity index (χ4n) is 7.09. The van der Waals surface area contributed by atoms with Gasteiger partial charge in [-0.15, -0.1) is 0 Å². The van der Waals surface area contributed by atoms with Crippen LogP contribution in [0.2, 0.25) is 0 Å². The lowest BCUT2D eigenvalue weighted by Crippen LogP contribution is -2.59. The zero-order chi connectivity index (χ0) is 39.1. The van der Waals surface area contributed by atoms with Crippen LogP contribution in [0.4, 0.5) is 4.39 Å². The maximum Gasteiger partial charge on any atom is 0.364 e. The summed E-state index contributed by atoms with van der Waals surface area (Å²) in [7, 11) is 0. The van der Waals surface area contributed by atoms with Crippen molar-refractivity contribution >= 4 is 0 Å². The second-order valence-corrected chi connectivity index (χ2v) is 15.1. The van der Waals surface area contributed by atoms with Crippen LogP contribution in [-0.2, 0) is 22.4 Å². The Morgan fingerprint density at radius 1 is 0.759 bits per heavy atom. The summed E-state index contributed by atoms with van der Waals surface area (Å²) in [5.41, 5.74) is 0.550. The van der Waals surface area contributed by atoms with E-state index in [4.69, 9.17) is 9.47 Å². The van der Waals surface area contributed by atoms with Gasteiger partial charge in [-0.25, -0.2) is 9.18 Å². The molecule has 3 rings (SSSR count). The van der Waals surface area contributed by atoms with Crippen molar-refractivity contribution in [3.63, 3.8) is 0 Å². The Morgan fingerprint density at radius 2 is 1.31 bits per heavy atom. The molecule has 0 aliphatic carbocycles. The van der Waals surface area contributed by atoms with Crippen LogP contribution in [0.15, 0.2) is 29.1 Å². The van der Waals surface area contributed by atoms with Gasteiger partial charge in [0.2, 0.25) is 0 Å². The maximum absolute atomic E-state index is 13.4. The highest BCUT2D eigenvalue weighted by Crippen LogP contribution is 2.25. The van der Waals surface area contributed by atoms with Gasteiger partial charge in [-0.1, -0.05) is 128 Å². The van der Waals surface area contributed by atoms with E-state index in [9.17, 15) is 39.8 Å². The number of aliphatic hydroxyl groups excluding tert-OH is 6. The van der Waals surface area contributed by atoms with Crippen LogP contribution in [-0.4, -0.2) is 107 Å². The van der Waals surface area contributed by atoms with Crippen molar-refractivity contribution in [2.24, 2.45) is 0 Å². The lowest BCUT2D eigenvalue weighted by molar-refractivity contribution is -0.304. The lowest BCUT2D eigenvalue weighted by atomic mass is 9.98. The number of hydrogen-bond acceptors (Lipinski definition) is 11. The molecular weight excluding hydrogens is 699 g/mol. The first kappa shape index (κ1) is 46.1. The third kappa shape index (κ3) is 16.0. The Bertz CT molecular complexity index is 1300. The van der Waals surface area contributed by atoms with Crippen molar-refractivity contribution in [3.05, 3.63) is 46.1 Å². The molecule has 1 aliphatic rings. The fraction of sp³-hybridized carbons (Fsp3) is 0.825. The Balaban J connectivity index is 1.47. The molecule has 0 spiro atoms. The average molecular weight is 769 g/mol. The number of hydrogen-bond donors (Lipinski definition) is 6. The summed E-state index contributed by atoms with van der Waals surface area (Å²) in [5.74, 6) is -0.221. The van der Waals surface area contributed by atoms with Crippen LogP contribution in [0.3, 0.4) is 0 Å². The van der Waals surface area contributed by atoms with Crippen LogP contribution < -0.4 is 5.69 Å². The third-order valence-electron chi connectivity index (χ3n) is 10.6. The topological polar surface area (TPSA) is 193 Å². The third-order valence-corrected chi connectivity index (χ3v) is 10.6. The number of ether oxygens (including phenoxy) is 2. The van der Waals surface area contributed by atoms with Gasteiger partial charge in [-0.3, -0.25) is 0 Å². The van der Waals surface area contributed by atoms with Gasteiger partial charge in [0.05, 0.1) is 19.3 Å². The van der Waals surface area contributed by atoms with Crippen molar-refractivity contribution in [1.82, 2.24) is 19.8 Å². The number of aryl methyl sites for hydroxylation is 2. The van der Waals surface area contributed by atoms with Gasteiger partial charge in [-0.2, -0.15) is 9.36 Å². The van der Waals surface area contributed by atoms with E-state index in [1.807, 2.05) is 12.1 Å². The smallest absolute Gasteiger partial charge is 0.364 e. The molecule has 2 heterocycles. The number of nitrogens with zero attached hydrogens (tertiary/aromatic N) is 4. The number of halogens is 1. The largest absolute Gasteiger partial charge is 0.394 e. The molecule has 14 heteroatoms. The average Bonchev–Trinajstić information content (AvgIpc) is 3.53. The summed E-state index contributed by atoms with van der Waals surface area (Å²) < 4.78 is 26.5. The second-order valence-electron chi connectivity index (χ2n) is 15.1. The molecule has 1 saturated heterocycles.